The van der Waals surface area contributed by atoms with Gasteiger partial charge in [0.1, 0.15) is 0 Å². The monoisotopic (exact) mass is 212 g/mol. The molecule has 6 heteroatoms. The van der Waals surface area contributed by atoms with E-state index in [2.05, 4.69) is 5.32 Å². The Bertz CT molecular complexity index is 393. The standard InChI is InChI=1S/C9H9FN2O3/c10-8-3-7(12(13)14)1-2-9(8)11-6-4-15-5-6/h1-3,6,11H,4-5H2. The van der Waals surface area contributed by atoms with E-state index in [-0.39, 0.29) is 17.4 Å². The lowest BCUT2D eigenvalue weighted by Crippen LogP contribution is -2.40. The maximum absolute atomic E-state index is 13.3. The summed E-state index contributed by atoms with van der Waals surface area (Å²) in [5, 5.41) is 13.2. The van der Waals surface area contributed by atoms with Crippen molar-refractivity contribution in [3.8, 4) is 0 Å². The van der Waals surface area contributed by atoms with Gasteiger partial charge in [0, 0.05) is 6.07 Å². The maximum Gasteiger partial charge on any atom is 0.272 e. The van der Waals surface area contributed by atoms with Crippen LogP contribution >= 0.6 is 0 Å². The van der Waals surface area contributed by atoms with E-state index >= 15 is 0 Å². The first-order valence-corrected chi connectivity index (χ1v) is 4.45. The fourth-order valence-electron chi connectivity index (χ4n) is 1.27. The molecule has 0 spiro atoms. The third-order valence-electron chi connectivity index (χ3n) is 2.16. The molecule has 0 aliphatic carbocycles. The molecular formula is C9H9FN2O3. The molecule has 1 aromatic carbocycles. The van der Waals surface area contributed by atoms with Crippen molar-refractivity contribution in [1.82, 2.24) is 0 Å². The van der Waals surface area contributed by atoms with Crippen molar-refractivity contribution in [2.75, 3.05) is 18.5 Å². The largest absolute Gasteiger partial charge is 0.377 e. The van der Waals surface area contributed by atoms with E-state index in [1.807, 2.05) is 0 Å². The maximum atomic E-state index is 13.3. The normalized spacial score (nSPS) is 15.8. The summed E-state index contributed by atoms with van der Waals surface area (Å²) in [6, 6.07) is 3.64. The quantitative estimate of drug-likeness (QED) is 0.609. The first kappa shape index (κ1) is 9.85. The van der Waals surface area contributed by atoms with E-state index in [0.29, 0.717) is 13.2 Å². The molecule has 0 aromatic heterocycles. The first-order chi connectivity index (χ1) is 7.16. The van der Waals surface area contributed by atoms with Crippen molar-refractivity contribution >= 4 is 11.4 Å². The third kappa shape index (κ3) is 2.04. The molecule has 1 aromatic rings. The predicted molar refractivity (Wildman–Crippen MR) is 51.3 cm³/mol. The predicted octanol–water partition coefficient (Wildman–Crippen LogP) is 1.54. The summed E-state index contributed by atoms with van der Waals surface area (Å²) in [5.74, 6) is -0.615. The van der Waals surface area contributed by atoms with E-state index in [1.54, 1.807) is 0 Å². The topological polar surface area (TPSA) is 64.4 Å². The first-order valence-electron chi connectivity index (χ1n) is 4.45. The van der Waals surface area contributed by atoms with Crippen LogP contribution in [0.5, 0.6) is 0 Å². The Morgan fingerprint density at radius 2 is 2.27 bits per heavy atom. The molecule has 5 nitrogen and oxygen atoms in total. The van der Waals surface area contributed by atoms with Crippen LogP contribution in [0, 0.1) is 15.9 Å². The molecule has 0 unspecified atom stereocenters. The molecule has 1 aliphatic heterocycles. The van der Waals surface area contributed by atoms with Gasteiger partial charge in [-0.3, -0.25) is 10.1 Å². The second-order valence-electron chi connectivity index (χ2n) is 3.30. The van der Waals surface area contributed by atoms with Crippen LogP contribution in [0.1, 0.15) is 0 Å². The smallest absolute Gasteiger partial charge is 0.272 e. The number of halogens is 1. The summed E-state index contributed by atoms with van der Waals surface area (Å²) >= 11 is 0. The fourth-order valence-corrected chi connectivity index (χ4v) is 1.27. The van der Waals surface area contributed by atoms with Crippen molar-refractivity contribution in [2.45, 2.75) is 6.04 Å². The Morgan fingerprint density at radius 1 is 1.53 bits per heavy atom. The van der Waals surface area contributed by atoms with Gasteiger partial charge in [-0.25, -0.2) is 4.39 Å². The van der Waals surface area contributed by atoms with Crippen LogP contribution in [0.4, 0.5) is 15.8 Å². The van der Waals surface area contributed by atoms with Gasteiger partial charge in [0.15, 0.2) is 5.82 Å². The van der Waals surface area contributed by atoms with E-state index in [0.717, 1.165) is 6.07 Å². The summed E-state index contributed by atoms with van der Waals surface area (Å²) in [6.45, 7) is 1.08. The average molecular weight is 212 g/mol. The Balaban J connectivity index is 2.14. The number of nitro benzene ring substituents is 1. The molecule has 0 radical (unpaired) electrons. The Morgan fingerprint density at radius 3 is 2.73 bits per heavy atom. The van der Waals surface area contributed by atoms with E-state index in [9.17, 15) is 14.5 Å². The van der Waals surface area contributed by atoms with E-state index < -0.39 is 10.7 Å². The summed E-state index contributed by atoms with van der Waals surface area (Å²) < 4.78 is 18.2. The van der Waals surface area contributed by atoms with Gasteiger partial charge in [0.2, 0.25) is 0 Å². The lowest BCUT2D eigenvalue weighted by molar-refractivity contribution is -0.385. The highest BCUT2D eigenvalue weighted by Crippen LogP contribution is 2.22. The molecule has 0 atom stereocenters. The minimum Gasteiger partial charge on any atom is -0.377 e. The highest BCUT2D eigenvalue weighted by molar-refractivity contribution is 5.50. The lowest BCUT2D eigenvalue weighted by Gasteiger charge is -2.27. The molecule has 1 fully saturated rings. The summed E-state index contributed by atoms with van der Waals surface area (Å²) in [6.07, 6.45) is 0. The van der Waals surface area contributed by atoms with Crippen LogP contribution in [-0.4, -0.2) is 24.2 Å². The van der Waals surface area contributed by atoms with E-state index in [4.69, 9.17) is 4.74 Å². The van der Waals surface area contributed by atoms with Crippen LogP contribution in [0.25, 0.3) is 0 Å². The number of nitro groups is 1. The Labute approximate surface area is 85.0 Å². The number of non-ortho nitro benzene ring substituents is 1. The molecular weight excluding hydrogens is 203 g/mol. The number of nitrogens with one attached hydrogen (secondary N) is 1. The molecule has 1 N–H and O–H groups in total. The van der Waals surface area contributed by atoms with Gasteiger partial charge in [-0.1, -0.05) is 0 Å². The van der Waals surface area contributed by atoms with Gasteiger partial charge in [0.25, 0.3) is 5.69 Å². The van der Waals surface area contributed by atoms with Crippen molar-refractivity contribution in [1.29, 1.82) is 0 Å². The molecule has 1 heterocycles. The summed E-state index contributed by atoms with van der Waals surface area (Å²) in [4.78, 5) is 9.73. The SMILES string of the molecule is O=[N+]([O-])c1ccc(NC2COC2)c(F)c1. The molecule has 0 bridgehead atoms. The van der Waals surface area contributed by atoms with Crippen LogP contribution in [-0.2, 0) is 4.74 Å². The zero-order valence-corrected chi connectivity index (χ0v) is 7.77. The second-order valence-corrected chi connectivity index (χ2v) is 3.30. The molecule has 80 valence electrons. The van der Waals surface area contributed by atoms with Crippen LogP contribution < -0.4 is 5.32 Å². The highest BCUT2D eigenvalue weighted by Gasteiger charge is 2.20. The number of ether oxygens (including phenoxy) is 1. The lowest BCUT2D eigenvalue weighted by atomic mass is 10.2. The number of hydrogen-bond donors (Lipinski definition) is 1. The van der Waals surface area contributed by atoms with Crippen LogP contribution in [0.2, 0.25) is 0 Å². The highest BCUT2D eigenvalue weighted by atomic mass is 19.1. The van der Waals surface area contributed by atoms with Gasteiger partial charge in [-0.15, -0.1) is 0 Å². The Kier molecular flexibility index (Phi) is 2.51. The van der Waals surface area contributed by atoms with Crippen LogP contribution in [0.15, 0.2) is 18.2 Å². The third-order valence-corrected chi connectivity index (χ3v) is 2.16. The van der Waals surface area contributed by atoms with Gasteiger partial charge in [0.05, 0.1) is 35.9 Å². The molecule has 2 rings (SSSR count). The average Bonchev–Trinajstić information content (AvgIpc) is 2.12. The molecule has 0 saturated carbocycles. The molecule has 0 amide bonds. The van der Waals surface area contributed by atoms with Gasteiger partial charge < -0.3 is 10.1 Å². The number of rotatable bonds is 3. The fraction of sp³-hybridized carbons (Fsp3) is 0.333. The zero-order chi connectivity index (χ0) is 10.8. The molecule has 15 heavy (non-hydrogen) atoms. The van der Waals surface area contributed by atoms with E-state index in [1.165, 1.54) is 12.1 Å². The summed E-state index contributed by atoms with van der Waals surface area (Å²) in [7, 11) is 0. The van der Waals surface area contributed by atoms with Gasteiger partial charge in [-0.2, -0.15) is 0 Å². The van der Waals surface area contributed by atoms with Crippen molar-refractivity contribution in [3.05, 3.63) is 34.1 Å². The number of anilines is 1. The van der Waals surface area contributed by atoms with Gasteiger partial charge >= 0.3 is 0 Å². The van der Waals surface area contributed by atoms with Crippen LogP contribution in [0.3, 0.4) is 0 Å². The number of nitrogens with zero attached hydrogens (tertiary/aromatic N) is 1. The zero-order valence-electron chi connectivity index (χ0n) is 7.77. The van der Waals surface area contributed by atoms with Gasteiger partial charge in [-0.05, 0) is 6.07 Å². The minimum atomic E-state index is -0.626. The second kappa shape index (κ2) is 3.82. The molecule has 1 saturated heterocycles. The van der Waals surface area contributed by atoms with Crippen molar-refractivity contribution in [3.63, 3.8) is 0 Å². The number of benzene rings is 1. The molecule has 1 aliphatic rings. The van der Waals surface area contributed by atoms with Crippen molar-refractivity contribution < 1.29 is 14.1 Å². The Hall–Kier alpha value is -1.69. The minimum absolute atomic E-state index is 0.0981. The van der Waals surface area contributed by atoms with Crippen molar-refractivity contribution in [2.24, 2.45) is 0 Å². The number of hydrogen-bond acceptors (Lipinski definition) is 4. The summed E-state index contributed by atoms with van der Waals surface area (Å²) in [5.41, 5.74) is 0.0248.